The Kier molecular flexibility index (Phi) is 4.42. The smallest absolute Gasteiger partial charge is 0.255 e. The molecule has 0 radical (unpaired) electrons. The van der Waals surface area contributed by atoms with Crippen molar-refractivity contribution in [2.45, 2.75) is 45.2 Å². The van der Waals surface area contributed by atoms with Gasteiger partial charge in [0, 0.05) is 25.0 Å². The van der Waals surface area contributed by atoms with E-state index in [-0.39, 0.29) is 11.9 Å². The summed E-state index contributed by atoms with van der Waals surface area (Å²) in [6.45, 7) is 4.30. The molecule has 1 aliphatic carbocycles. The molecule has 0 spiro atoms. The summed E-state index contributed by atoms with van der Waals surface area (Å²) < 4.78 is 7.57. The highest BCUT2D eigenvalue weighted by molar-refractivity contribution is 5.94. The van der Waals surface area contributed by atoms with E-state index in [0.29, 0.717) is 17.4 Å². The van der Waals surface area contributed by atoms with Gasteiger partial charge in [-0.3, -0.25) is 9.48 Å². The summed E-state index contributed by atoms with van der Waals surface area (Å²) in [5.41, 5.74) is 1.77. The van der Waals surface area contributed by atoms with Crippen molar-refractivity contribution in [2.24, 2.45) is 5.92 Å². The average molecular weight is 340 g/mol. The third-order valence-corrected chi connectivity index (χ3v) is 4.95. The number of ether oxygens (including phenoxy) is 1. The van der Waals surface area contributed by atoms with Crippen molar-refractivity contribution < 1.29 is 9.53 Å². The van der Waals surface area contributed by atoms with E-state index >= 15 is 0 Å². The van der Waals surface area contributed by atoms with Crippen molar-refractivity contribution in [3.63, 3.8) is 0 Å². The second-order valence-corrected chi connectivity index (χ2v) is 7.17. The number of rotatable bonds is 6. The van der Waals surface area contributed by atoms with Crippen molar-refractivity contribution in [2.75, 3.05) is 13.2 Å². The molecule has 0 N–H and O–H groups in total. The first kappa shape index (κ1) is 16.1. The van der Waals surface area contributed by atoms with Gasteiger partial charge in [0.1, 0.15) is 0 Å². The Balaban J connectivity index is 1.39. The van der Waals surface area contributed by atoms with E-state index in [9.17, 15) is 4.79 Å². The van der Waals surface area contributed by atoms with Crippen LogP contribution < -0.4 is 4.74 Å². The fourth-order valence-corrected chi connectivity index (χ4v) is 3.32. The molecule has 6 nitrogen and oxygen atoms in total. The van der Waals surface area contributed by atoms with Crippen LogP contribution in [0.4, 0.5) is 0 Å². The highest BCUT2D eigenvalue weighted by Crippen LogP contribution is 2.29. The summed E-state index contributed by atoms with van der Waals surface area (Å²) in [5, 5.41) is 4.35. The Bertz CT molecular complexity index is 736. The van der Waals surface area contributed by atoms with E-state index in [1.54, 1.807) is 12.3 Å². The molecule has 4 rings (SSSR count). The van der Waals surface area contributed by atoms with Gasteiger partial charge in [-0.2, -0.15) is 5.10 Å². The van der Waals surface area contributed by atoms with Gasteiger partial charge < -0.3 is 9.64 Å². The van der Waals surface area contributed by atoms with Crippen LogP contribution in [0.3, 0.4) is 0 Å². The molecular formula is C19H24N4O2. The lowest BCUT2D eigenvalue weighted by Crippen LogP contribution is -2.38. The molecular weight excluding hydrogens is 316 g/mol. The predicted molar refractivity (Wildman–Crippen MR) is 93.5 cm³/mol. The second kappa shape index (κ2) is 6.86. The number of hydrogen-bond acceptors (Lipinski definition) is 4. The van der Waals surface area contributed by atoms with Crippen LogP contribution in [0.5, 0.6) is 5.88 Å². The minimum atomic E-state index is 0.0487. The lowest BCUT2D eigenvalue weighted by molar-refractivity contribution is 0.0721. The van der Waals surface area contributed by atoms with E-state index in [4.69, 9.17) is 4.74 Å². The average Bonchev–Trinajstić information content (AvgIpc) is 3.20. The summed E-state index contributed by atoms with van der Waals surface area (Å²) in [5.74, 6) is 1.35. The Labute approximate surface area is 147 Å². The topological polar surface area (TPSA) is 60.2 Å². The number of aryl methyl sites for hydroxylation is 1. The van der Waals surface area contributed by atoms with Crippen molar-refractivity contribution in [1.29, 1.82) is 0 Å². The molecule has 0 aromatic carbocycles. The molecule has 1 aliphatic heterocycles. The lowest BCUT2D eigenvalue weighted by atomic mass is 10.2. The Morgan fingerprint density at radius 2 is 2.16 bits per heavy atom. The summed E-state index contributed by atoms with van der Waals surface area (Å²) in [6, 6.07) is 3.82. The normalized spacial score (nSPS) is 20.0. The molecule has 1 saturated carbocycles. The van der Waals surface area contributed by atoms with Gasteiger partial charge in [0.05, 0.1) is 31.0 Å². The molecule has 2 aromatic heterocycles. The molecule has 6 heteroatoms. The van der Waals surface area contributed by atoms with Crippen LogP contribution in [0.1, 0.15) is 41.6 Å². The maximum atomic E-state index is 12.9. The standard InChI is InChI=1S/C19H24N4O2/c1-14-9-21-22(11-14)12-17-3-2-8-23(17)19(24)16-6-7-18(20-10-16)25-13-15-4-5-15/h6-7,9-11,15,17H,2-5,8,12-13H2,1H3/t17-/m1/s1. The molecule has 132 valence electrons. The molecule has 25 heavy (non-hydrogen) atoms. The molecule has 0 unspecified atom stereocenters. The Hall–Kier alpha value is -2.37. The summed E-state index contributed by atoms with van der Waals surface area (Å²) in [7, 11) is 0. The summed E-state index contributed by atoms with van der Waals surface area (Å²) >= 11 is 0. The molecule has 2 fully saturated rings. The number of carbonyl (C=O) groups is 1. The number of amides is 1. The Morgan fingerprint density at radius 1 is 1.28 bits per heavy atom. The van der Waals surface area contributed by atoms with Gasteiger partial charge in [-0.1, -0.05) is 0 Å². The predicted octanol–water partition coefficient (Wildman–Crippen LogP) is 2.68. The van der Waals surface area contributed by atoms with Gasteiger partial charge in [0.25, 0.3) is 5.91 Å². The zero-order valence-electron chi connectivity index (χ0n) is 14.6. The van der Waals surface area contributed by atoms with Gasteiger partial charge in [-0.25, -0.2) is 4.98 Å². The number of nitrogens with zero attached hydrogens (tertiary/aromatic N) is 4. The van der Waals surface area contributed by atoms with Crippen LogP contribution >= 0.6 is 0 Å². The molecule has 3 heterocycles. The quantitative estimate of drug-likeness (QED) is 0.811. The first-order valence-corrected chi connectivity index (χ1v) is 9.08. The maximum absolute atomic E-state index is 12.9. The number of hydrogen-bond donors (Lipinski definition) is 0. The number of aromatic nitrogens is 3. The third-order valence-electron chi connectivity index (χ3n) is 4.95. The molecule has 2 aromatic rings. The third kappa shape index (κ3) is 3.83. The SMILES string of the molecule is Cc1cnn(C[C@H]2CCCN2C(=O)c2ccc(OCC3CC3)nc2)c1. The minimum Gasteiger partial charge on any atom is -0.477 e. The number of pyridine rings is 1. The van der Waals surface area contributed by atoms with E-state index in [0.717, 1.165) is 38.1 Å². The van der Waals surface area contributed by atoms with Gasteiger partial charge >= 0.3 is 0 Å². The van der Waals surface area contributed by atoms with E-state index in [1.807, 2.05) is 35.0 Å². The molecule has 1 atom stereocenters. The highest BCUT2D eigenvalue weighted by Gasteiger charge is 2.30. The van der Waals surface area contributed by atoms with Crippen LogP contribution in [-0.4, -0.2) is 44.8 Å². The van der Waals surface area contributed by atoms with E-state index in [1.165, 1.54) is 12.8 Å². The first-order valence-electron chi connectivity index (χ1n) is 9.08. The second-order valence-electron chi connectivity index (χ2n) is 7.17. The highest BCUT2D eigenvalue weighted by atomic mass is 16.5. The summed E-state index contributed by atoms with van der Waals surface area (Å²) in [4.78, 5) is 19.1. The number of likely N-dealkylation sites (tertiary alicyclic amines) is 1. The zero-order chi connectivity index (χ0) is 17.2. The van der Waals surface area contributed by atoms with Crippen LogP contribution in [0.25, 0.3) is 0 Å². The van der Waals surface area contributed by atoms with Crippen LogP contribution in [0.2, 0.25) is 0 Å². The molecule has 1 amide bonds. The van der Waals surface area contributed by atoms with Gasteiger partial charge in [-0.15, -0.1) is 0 Å². The van der Waals surface area contributed by atoms with Crippen molar-refractivity contribution in [3.05, 3.63) is 41.9 Å². The van der Waals surface area contributed by atoms with Crippen LogP contribution in [0.15, 0.2) is 30.7 Å². The van der Waals surface area contributed by atoms with Crippen LogP contribution in [-0.2, 0) is 6.54 Å². The molecule has 0 bridgehead atoms. The van der Waals surface area contributed by atoms with Crippen LogP contribution in [0, 0.1) is 12.8 Å². The van der Waals surface area contributed by atoms with Crippen molar-refractivity contribution >= 4 is 5.91 Å². The fraction of sp³-hybridized carbons (Fsp3) is 0.526. The monoisotopic (exact) mass is 340 g/mol. The number of carbonyl (C=O) groups excluding carboxylic acids is 1. The molecule has 2 aliphatic rings. The van der Waals surface area contributed by atoms with Gasteiger partial charge in [0.15, 0.2) is 0 Å². The van der Waals surface area contributed by atoms with Crippen molar-refractivity contribution in [1.82, 2.24) is 19.7 Å². The lowest BCUT2D eigenvalue weighted by Gasteiger charge is -2.24. The largest absolute Gasteiger partial charge is 0.477 e. The van der Waals surface area contributed by atoms with Gasteiger partial charge in [-0.05, 0) is 50.2 Å². The van der Waals surface area contributed by atoms with E-state index < -0.39 is 0 Å². The summed E-state index contributed by atoms with van der Waals surface area (Å²) in [6.07, 6.45) is 10.1. The maximum Gasteiger partial charge on any atom is 0.255 e. The first-order chi connectivity index (χ1) is 12.2. The van der Waals surface area contributed by atoms with Crippen molar-refractivity contribution in [3.8, 4) is 5.88 Å². The zero-order valence-corrected chi connectivity index (χ0v) is 14.6. The Morgan fingerprint density at radius 3 is 2.84 bits per heavy atom. The minimum absolute atomic E-state index is 0.0487. The van der Waals surface area contributed by atoms with Gasteiger partial charge in [0.2, 0.25) is 5.88 Å². The molecule has 1 saturated heterocycles. The van der Waals surface area contributed by atoms with E-state index in [2.05, 4.69) is 10.1 Å². The fourth-order valence-electron chi connectivity index (χ4n) is 3.32.